The largest absolute Gasteiger partial charge is 0.389 e. The molecule has 0 unspecified atom stereocenters. The van der Waals surface area contributed by atoms with Crippen LogP contribution in [0.5, 0.6) is 0 Å². The summed E-state index contributed by atoms with van der Waals surface area (Å²) in [5.41, 5.74) is 0.0228. The third-order valence-corrected chi connectivity index (χ3v) is 5.06. The first kappa shape index (κ1) is 18.4. The van der Waals surface area contributed by atoms with E-state index in [-0.39, 0.29) is 24.3 Å². The molecular formula is C19H23N3O4. The number of hydrogen-bond acceptors (Lipinski definition) is 5. The second-order valence-electron chi connectivity index (χ2n) is 7.00. The van der Waals surface area contributed by atoms with Crippen molar-refractivity contribution in [1.82, 2.24) is 10.2 Å². The standard InChI is InChI=1S/C19H23N3O4/c20-12-14-1-3-15(4-2-14)18(24)21-16-5-8-22(13-16)17(23)11-19(25)6-9-26-10-7-19/h1-4,16,25H,5-11,13H2,(H,21,24)/t16-/m1/s1. The summed E-state index contributed by atoms with van der Waals surface area (Å²) >= 11 is 0. The molecule has 2 aliphatic heterocycles. The predicted octanol–water partition coefficient (Wildman–Crippen LogP) is 0.821. The zero-order valence-corrected chi connectivity index (χ0v) is 14.6. The number of amides is 2. The Labute approximate surface area is 152 Å². The predicted molar refractivity (Wildman–Crippen MR) is 93.2 cm³/mol. The Kier molecular flexibility index (Phi) is 5.55. The maximum absolute atomic E-state index is 12.5. The van der Waals surface area contributed by atoms with Gasteiger partial charge in [-0.3, -0.25) is 9.59 Å². The second-order valence-corrected chi connectivity index (χ2v) is 7.00. The van der Waals surface area contributed by atoms with Gasteiger partial charge in [0.05, 0.1) is 23.7 Å². The summed E-state index contributed by atoms with van der Waals surface area (Å²) in [5.74, 6) is -0.290. The highest BCUT2D eigenvalue weighted by molar-refractivity contribution is 5.94. The molecule has 2 heterocycles. The van der Waals surface area contributed by atoms with E-state index >= 15 is 0 Å². The van der Waals surface area contributed by atoms with Gasteiger partial charge in [0.25, 0.3) is 5.91 Å². The average molecular weight is 357 g/mol. The van der Waals surface area contributed by atoms with Crippen molar-refractivity contribution in [3.63, 3.8) is 0 Å². The number of likely N-dealkylation sites (tertiary alicyclic amines) is 1. The molecule has 3 rings (SSSR count). The molecule has 138 valence electrons. The minimum absolute atomic E-state index is 0.0791. The van der Waals surface area contributed by atoms with Crippen LogP contribution >= 0.6 is 0 Å². The highest BCUT2D eigenvalue weighted by atomic mass is 16.5. The van der Waals surface area contributed by atoms with Gasteiger partial charge in [0.2, 0.25) is 5.91 Å². The van der Waals surface area contributed by atoms with E-state index in [1.165, 1.54) is 0 Å². The van der Waals surface area contributed by atoms with Crippen molar-refractivity contribution >= 4 is 11.8 Å². The lowest BCUT2D eigenvalue weighted by molar-refractivity contribution is -0.139. The van der Waals surface area contributed by atoms with Gasteiger partial charge in [-0.05, 0) is 30.7 Å². The Bertz CT molecular complexity index is 704. The number of aliphatic hydroxyl groups is 1. The first-order valence-corrected chi connectivity index (χ1v) is 8.88. The average Bonchev–Trinajstić information content (AvgIpc) is 3.10. The molecule has 0 radical (unpaired) electrons. The van der Waals surface area contributed by atoms with E-state index in [1.807, 2.05) is 6.07 Å². The topological polar surface area (TPSA) is 103 Å². The van der Waals surface area contributed by atoms with E-state index < -0.39 is 5.60 Å². The molecule has 1 aromatic carbocycles. The van der Waals surface area contributed by atoms with Crippen LogP contribution < -0.4 is 5.32 Å². The first-order valence-electron chi connectivity index (χ1n) is 8.88. The summed E-state index contributed by atoms with van der Waals surface area (Å²) in [6, 6.07) is 8.36. The van der Waals surface area contributed by atoms with Crippen molar-refractivity contribution in [3.05, 3.63) is 35.4 Å². The number of nitriles is 1. The molecule has 1 atom stereocenters. The first-order chi connectivity index (χ1) is 12.5. The van der Waals surface area contributed by atoms with Crippen molar-refractivity contribution < 1.29 is 19.4 Å². The van der Waals surface area contributed by atoms with E-state index in [9.17, 15) is 14.7 Å². The van der Waals surface area contributed by atoms with Gasteiger partial charge in [0.15, 0.2) is 0 Å². The minimum atomic E-state index is -0.973. The van der Waals surface area contributed by atoms with E-state index in [4.69, 9.17) is 10.00 Å². The molecule has 2 saturated heterocycles. The van der Waals surface area contributed by atoms with Crippen LogP contribution in [0, 0.1) is 11.3 Å². The van der Waals surface area contributed by atoms with Crippen LogP contribution in [0.4, 0.5) is 0 Å². The quantitative estimate of drug-likeness (QED) is 0.830. The molecule has 0 aromatic heterocycles. The smallest absolute Gasteiger partial charge is 0.251 e. The van der Waals surface area contributed by atoms with Crippen LogP contribution in [0.15, 0.2) is 24.3 Å². The highest BCUT2D eigenvalue weighted by Gasteiger charge is 2.36. The number of benzene rings is 1. The van der Waals surface area contributed by atoms with Gasteiger partial charge in [-0.2, -0.15) is 5.26 Å². The fourth-order valence-electron chi connectivity index (χ4n) is 3.39. The number of nitrogens with one attached hydrogen (secondary N) is 1. The second kappa shape index (κ2) is 7.85. The molecule has 7 nitrogen and oxygen atoms in total. The fourth-order valence-corrected chi connectivity index (χ4v) is 3.39. The van der Waals surface area contributed by atoms with Crippen LogP contribution in [0.1, 0.15) is 41.6 Å². The number of rotatable bonds is 4. The summed E-state index contributed by atoms with van der Waals surface area (Å²) in [7, 11) is 0. The van der Waals surface area contributed by atoms with Crippen LogP contribution in [-0.4, -0.2) is 59.8 Å². The summed E-state index contributed by atoms with van der Waals surface area (Å²) in [4.78, 5) is 26.5. The van der Waals surface area contributed by atoms with Crippen molar-refractivity contribution in [2.75, 3.05) is 26.3 Å². The molecule has 2 aliphatic rings. The van der Waals surface area contributed by atoms with Gasteiger partial charge in [-0.1, -0.05) is 0 Å². The van der Waals surface area contributed by atoms with E-state index in [0.717, 1.165) is 0 Å². The van der Waals surface area contributed by atoms with Crippen molar-refractivity contribution in [1.29, 1.82) is 5.26 Å². The number of nitrogens with zero attached hydrogens (tertiary/aromatic N) is 2. The lowest BCUT2D eigenvalue weighted by Gasteiger charge is -2.32. The Morgan fingerprint density at radius 2 is 2.00 bits per heavy atom. The van der Waals surface area contributed by atoms with E-state index in [1.54, 1.807) is 29.2 Å². The molecule has 0 aliphatic carbocycles. The van der Waals surface area contributed by atoms with Gasteiger partial charge < -0.3 is 20.1 Å². The molecular weight excluding hydrogens is 334 g/mol. The molecule has 2 amide bonds. The SMILES string of the molecule is N#Cc1ccc(C(=O)N[C@@H]2CCN(C(=O)CC3(O)CCOCC3)C2)cc1. The fraction of sp³-hybridized carbons (Fsp3) is 0.526. The maximum atomic E-state index is 12.5. The van der Waals surface area contributed by atoms with Crippen LogP contribution in [0.3, 0.4) is 0 Å². The number of hydrogen-bond donors (Lipinski definition) is 2. The Hall–Kier alpha value is -2.43. The summed E-state index contributed by atoms with van der Waals surface area (Å²) in [6.07, 6.45) is 1.75. The maximum Gasteiger partial charge on any atom is 0.251 e. The highest BCUT2D eigenvalue weighted by Crippen LogP contribution is 2.26. The zero-order valence-electron chi connectivity index (χ0n) is 14.6. The van der Waals surface area contributed by atoms with Gasteiger partial charge in [-0.15, -0.1) is 0 Å². The molecule has 1 aromatic rings. The lowest BCUT2D eigenvalue weighted by Crippen LogP contribution is -2.43. The van der Waals surface area contributed by atoms with Gasteiger partial charge >= 0.3 is 0 Å². The molecule has 26 heavy (non-hydrogen) atoms. The van der Waals surface area contributed by atoms with Gasteiger partial charge in [0.1, 0.15) is 0 Å². The number of carbonyl (C=O) groups excluding carboxylic acids is 2. The van der Waals surface area contributed by atoms with Gasteiger partial charge in [0, 0.05) is 50.8 Å². The van der Waals surface area contributed by atoms with Crippen molar-refractivity contribution in [2.24, 2.45) is 0 Å². The molecule has 2 N–H and O–H groups in total. The summed E-state index contributed by atoms with van der Waals surface area (Å²) in [6.45, 7) is 1.98. The molecule has 0 saturated carbocycles. The van der Waals surface area contributed by atoms with Crippen LogP contribution in [-0.2, 0) is 9.53 Å². The van der Waals surface area contributed by atoms with Crippen molar-refractivity contribution in [2.45, 2.75) is 37.3 Å². The van der Waals surface area contributed by atoms with Crippen molar-refractivity contribution in [3.8, 4) is 6.07 Å². The molecule has 0 bridgehead atoms. The van der Waals surface area contributed by atoms with E-state index in [2.05, 4.69) is 5.32 Å². The summed E-state index contributed by atoms with van der Waals surface area (Å²) in [5, 5.41) is 22.2. The van der Waals surface area contributed by atoms with Crippen LogP contribution in [0.2, 0.25) is 0 Å². The number of ether oxygens (including phenoxy) is 1. The lowest BCUT2D eigenvalue weighted by atomic mass is 9.90. The number of carbonyl (C=O) groups is 2. The molecule has 0 spiro atoms. The Balaban J connectivity index is 1.50. The summed E-state index contributed by atoms with van der Waals surface area (Å²) < 4.78 is 5.24. The van der Waals surface area contributed by atoms with Gasteiger partial charge in [-0.25, -0.2) is 0 Å². The third-order valence-electron chi connectivity index (χ3n) is 5.06. The monoisotopic (exact) mass is 357 g/mol. The third kappa shape index (κ3) is 4.40. The van der Waals surface area contributed by atoms with E-state index in [0.29, 0.717) is 56.7 Å². The zero-order chi connectivity index (χ0) is 18.6. The minimum Gasteiger partial charge on any atom is -0.389 e. The molecule has 7 heteroatoms. The Morgan fingerprint density at radius 3 is 2.65 bits per heavy atom. The Morgan fingerprint density at radius 1 is 1.31 bits per heavy atom. The molecule has 2 fully saturated rings. The van der Waals surface area contributed by atoms with Crippen LogP contribution in [0.25, 0.3) is 0 Å². The normalized spacial score (nSPS) is 21.8.